The van der Waals surface area contributed by atoms with Gasteiger partial charge in [-0.25, -0.2) is 4.39 Å². The first kappa shape index (κ1) is 15.0. The molecule has 2 rings (SSSR count). The Balaban J connectivity index is 2.29. The first-order valence-electron chi connectivity index (χ1n) is 7.10. The summed E-state index contributed by atoms with van der Waals surface area (Å²) >= 11 is 0. The smallest absolute Gasteiger partial charge is 0.129 e. The number of rotatable bonds is 4. The number of nitrogens with one attached hydrogen (secondary N) is 1. The maximum atomic E-state index is 14.1. The van der Waals surface area contributed by atoms with E-state index in [1.54, 1.807) is 12.3 Å². The molecule has 1 aliphatic heterocycles. The Morgan fingerprint density at radius 1 is 1.35 bits per heavy atom. The number of anilines is 1. The van der Waals surface area contributed by atoms with Crippen LogP contribution in [0.2, 0.25) is 0 Å². The third-order valence-electron chi connectivity index (χ3n) is 3.89. The molecule has 1 aromatic carbocycles. The molecule has 0 aromatic heterocycles. The van der Waals surface area contributed by atoms with E-state index in [1.807, 2.05) is 13.0 Å². The fourth-order valence-electron chi connectivity index (χ4n) is 2.19. The van der Waals surface area contributed by atoms with Crippen molar-refractivity contribution in [2.45, 2.75) is 39.3 Å². The zero-order valence-electron chi connectivity index (χ0n) is 12.6. The number of ether oxygens (including phenoxy) is 1. The fraction of sp³-hybridized carbons (Fsp3) is 0.562. The van der Waals surface area contributed by atoms with Gasteiger partial charge >= 0.3 is 0 Å². The van der Waals surface area contributed by atoms with Gasteiger partial charge in [0.15, 0.2) is 0 Å². The van der Waals surface area contributed by atoms with Crippen molar-refractivity contribution in [3.8, 4) is 0 Å². The first-order valence-corrected chi connectivity index (χ1v) is 7.10. The molecule has 0 bridgehead atoms. The maximum absolute atomic E-state index is 14.1. The van der Waals surface area contributed by atoms with Crippen LogP contribution in [0.15, 0.2) is 23.2 Å². The molecule has 0 spiro atoms. The molecule has 0 amide bonds. The third kappa shape index (κ3) is 3.18. The molecule has 0 saturated heterocycles. The van der Waals surface area contributed by atoms with Crippen LogP contribution < -0.4 is 5.32 Å². The molecule has 1 heterocycles. The van der Waals surface area contributed by atoms with Crippen molar-refractivity contribution in [3.05, 3.63) is 29.6 Å². The SMILES string of the molecule is CC(C)C(C)Nc1ccc(F)c([C@]2(C)COCC=N2)c1. The van der Waals surface area contributed by atoms with Crippen LogP contribution in [0.5, 0.6) is 0 Å². The Bertz CT molecular complexity index is 501. The van der Waals surface area contributed by atoms with Crippen LogP contribution in [0.3, 0.4) is 0 Å². The molecule has 110 valence electrons. The van der Waals surface area contributed by atoms with Crippen LogP contribution in [-0.2, 0) is 10.3 Å². The summed E-state index contributed by atoms with van der Waals surface area (Å²) in [5, 5.41) is 3.41. The maximum Gasteiger partial charge on any atom is 0.129 e. The van der Waals surface area contributed by atoms with Crippen LogP contribution in [-0.4, -0.2) is 25.5 Å². The lowest BCUT2D eigenvalue weighted by molar-refractivity contribution is 0.108. The second kappa shape index (κ2) is 5.92. The largest absolute Gasteiger partial charge is 0.382 e. The number of hydrogen-bond donors (Lipinski definition) is 1. The highest BCUT2D eigenvalue weighted by Crippen LogP contribution is 2.31. The Kier molecular flexibility index (Phi) is 4.43. The molecule has 0 saturated carbocycles. The van der Waals surface area contributed by atoms with Crippen molar-refractivity contribution in [3.63, 3.8) is 0 Å². The molecule has 1 aromatic rings. The van der Waals surface area contributed by atoms with Crippen LogP contribution in [0.4, 0.5) is 10.1 Å². The summed E-state index contributed by atoms with van der Waals surface area (Å²) in [7, 11) is 0. The van der Waals surface area contributed by atoms with Gasteiger partial charge in [0.05, 0.1) is 13.2 Å². The quantitative estimate of drug-likeness (QED) is 0.913. The van der Waals surface area contributed by atoms with Gasteiger partial charge in [-0.2, -0.15) is 0 Å². The highest BCUT2D eigenvalue weighted by molar-refractivity contribution is 5.61. The fourth-order valence-corrected chi connectivity index (χ4v) is 2.19. The van der Waals surface area contributed by atoms with Gasteiger partial charge in [-0.3, -0.25) is 4.99 Å². The molecular weight excluding hydrogens is 255 g/mol. The van der Waals surface area contributed by atoms with Crippen LogP contribution >= 0.6 is 0 Å². The van der Waals surface area contributed by atoms with Gasteiger partial charge in [0.2, 0.25) is 0 Å². The van der Waals surface area contributed by atoms with E-state index in [9.17, 15) is 4.39 Å². The Morgan fingerprint density at radius 3 is 2.70 bits per heavy atom. The second-order valence-corrected chi connectivity index (χ2v) is 5.97. The van der Waals surface area contributed by atoms with Crippen molar-refractivity contribution in [1.29, 1.82) is 0 Å². The van der Waals surface area contributed by atoms with E-state index in [0.717, 1.165) is 5.69 Å². The third-order valence-corrected chi connectivity index (χ3v) is 3.89. The van der Waals surface area contributed by atoms with Crippen molar-refractivity contribution >= 4 is 11.9 Å². The summed E-state index contributed by atoms with van der Waals surface area (Å²) in [6.07, 6.45) is 1.71. The predicted octanol–water partition coefficient (Wildman–Crippen LogP) is 3.60. The van der Waals surface area contributed by atoms with Gasteiger partial charge < -0.3 is 10.1 Å². The van der Waals surface area contributed by atoms with Gasteiger partial charge in [0.25, 0.3) is 0 Å². The van der Waals surface area contributed by atoms with Gasteiger partial charge in [0.1, 0.15) is 11.4 Å². The zero-order valence-corrected chi connectivity index (χ0v) is 12.6. The molecule has 2 atom stereocenters. The number of hydrogen-bond acceptors (Lipinski definition) is 3. The normalized spacial score (nSPS) is 23.9. The lowest BCUT2D eigenvalue weighted by atomic mass is 9.92. The van der Waals surface area contributed by atoms with Crippen molar-refractivity contribution in [2.24, 2.45) is 10.9 Å². The molecule has 0 fully saturated rings. The van der Waals surface area contributed by atoms with E-state index in [0.29, 0.717) is 30.7 Å². The molecule has 1 aliphatic rings. The molecule has 20 heavy (non-hydrogen) atoms. The Hall–Kier alpha value is -1.42. The average Bonchev–Trinajstić information content (AvgIpc) is 2.41. The van der Waals surface area contributed by atoms with Crippen LogP contribution in [0.25, 0.3) is 0 Å². The zero-order chi connectivity index (χ0) is 14.8. The van der Waals surface area contributed by atoms with Gasteiger partial charge in [-0.15, -0.1) is 0 Å². The number of nitrogens with zero attached hydrogens (tertiary/aromatic N) is 1. The molecule has 1 unspecified atom stereocenters. The number of benzene rings is 1. The van der Waals surface area contributed by atoms with E-state index >= 15 is 0 Å². The van der Waals surface area contributed by atoms with Gasteiger partial charge in [-0.1, -0.05) is 13.8 Å². The summed E-state index contributed by atoms with van der Waals surface area (Å²) in [6, 6.07) is 5.45. The van der Waals surface area contributed by atoms with E-state index in [-0.39, 0.29) is 5.82 Å². The van der Waals surface area contributed by atoms with Crippen molar-refractivity contribution in [1.82, 2.24) is 0 Å². The molecule has 3 nitrogen and oxygen atoms in total. The van der Waals surface area contributed by atoms with Crippen molar-refractivity contribution < 1.29 is 9.13 Å². The summed E-state index contributed by atoms with van der Waals surface area (Å²) in [5.41, 5.74) is 0.861. The summed E-state index contributed by atoms with van der Waals surface area (Å²) in [6.45, 7) is 9.24. The lowest BCUT2D eigenvalue weighted by Crippen LogP contribution is -2.32. The van der Waals surface area contributed by atoms with Crippen molar-refractivity contribution in [2.75, 3.05) is 18.5 Å². The van der Waals surface area contributed by atoms with Crippen LogP contribution in [0, 0.1) is 11.7 Å². The molecule has 1 N–H and O–H groups in total. The van der Waals surface area contributed by atoms with E-state index in [1.165, 1.54) is 6.07 Å². The monoisotopic (exact) mass is 278 g/mol. The summed E-state index contributed by atoms with van der Waals surface area (Å²) in [5.74, 6) is 0.271. The van der Waals surface area contributed by atoms with Gasteiger partial charge in [0, 0.05) is 23.5 Å². The minimum atomic E-state index is -0.638. The Labute approximate surface area is 120 Å². The topological polar surface area (TPSA) is 33.6 Å². The number of halogens is 1. The van der Waals surface area contributed by atoms with Gasteiger partial charge in [-0.05, 0) is 38.0 Å². The Morgan fingerprint density at radius 2 is 2.10 bits per heavy atom. The van der Waals surface area contributed by atoms with E-state index in [4.69, 9.17) is 4.74 Å². The summed E-state index contributed by atoms with van der Waals surface area (Å²) < 4.78 is 19.6. The number of aliphatic imine (C=N–C) groups is 1. The molecule has 0 aliphatic carbocycles. The van der Waals surface area contributed by atoms with E-state index in [2.05, 4.69) is 31.1 Å². The van der Waals surface area contributed by atoms with Crippen LogP contribution in [0.1, 0.15) is 33.3 Å². The first-order chi connectivity index (χ1) is 9.42. The highest BCUT2D eigenvalue weighted by atomic mass is 19.1. The highest BCUT2D eigenvalue weighted by Gasteiger charge is 2.31. The second-order valence-electron chi connectivity index (χ2n) is 5.97. The molecular formula is C16H23FN2O. The summed E-state index contributed by atoms with van der Waals surface area (Å²) in [4.78, 5) is 4.43. The minimum Gasteiger partial charge on any atom is -0.382 e. The van der Waals surface area contributed by atoms with E-state index < -0.39 is 5.54 Å². The molecule has 4 heteroatoms. The standard InChI is InChI=1S/C16H23FN2O/c1-11(2)12(3)19-13-5-6-15(17)14(9-13)16(4)10-20-8-7-18-16/h5-7,9,11-12,19H,8,10H2,1-4H3/t12?,16-/m0/s1. The lowest BCUT2D eigenvalue weighted by Gasteiger charge is -2.29. The molecule has 0 radical (unpaired) electrons. The average molecular weight is 278 g/mol. The predicted molar refractivity (Wildman–Crippen MR) is 81.0 cm³/mol. The minimum absolute atomic E-state index is 0.238.